The molecule has 1 aromatic carbocycles. The van der Waals surface area contributed by atoms with Gasteiger partial charge in [-0.1, -0.05) is 12.1 Å². The summed E-state index contributed by atoms with van der Waals surface area (Å²) in [6.45, 7) is 5.69. The average Bonchev–Trinajstić information content (AvgIpc) is 2.76. The van der Waals surface area contributed by atoms with Gasteiger partial charge in [0.1, 0.15) is 5.82 Å². The van der Waals surface area contributed by atoms with Gasteiger partial charge in [-0.15, -0.1) is 0 Å². The van der Waals surface area contributed by atoms with E-state index in [-0.39, 0.29) is 36.1 Å². The summed E-state index contributed by atoms with van der Waals surface area (Å²) in [6.07, 6.45) is 4.74. The van der Waals surface area contributed by atoms with Crippen LogP contribution in [-0.4, -0.2) is 67.3 Å². The second-order valence-corrected chi connectivity index (χ2v) is 10.6. The van der Waals surface area contributed by atoms with Gasteiger partial charge in [0.25, 0.3) is 0 Å². The second kappa shape index (κ2) is 12.2. The molecule has 2 unspecified atom stereocenters. The zero-order valence-electron chi connectivity index (χ0n) is 19.8. The van der Waals surface area contributed by atoms with Crippen LogP contribution in [0.2, 0.25) is 0 Å². The maximum Gasteiger partial charge on any atom is 0.410 e. The maximum absolute atomic E-state index is 13.6. The van der Waals surface area contributed by atoms with Gasteiger partial charge in [0, 0.05) is 37.2 Å². The molecule has 0 bridgehead atoms. The molecule has 32 heavy (non-hydrogen) atoms. The summed E-state index contributed by atoms with van der Waals surface area (Å²) >= 11 is 1.58. The van der Waals surface area contributed by atoms with Gasteiger partial charge in [-0.05, 0) is 83.7 Å². The van der Waals surface area contributed by atoms with Gasteiger partial charge in [0.15, 0.2) is 0 Å². The van der Waals surface area contributed by atoms with Crippen LogP contribution in [0, 0.1) is 11.7 Å². The Morgan fingerprint density at radius 1 is 1.25 bits per heavy atom. The highest BCUT2D eigenvalue weighted by atomic mass is 32.2. The molecule has 2 fully saturated rings. The SMILES string of the molecule is CC(C)OC(=O)N1CCC(NSN(C)C)C(COC2CCC(c3cccc(F)c3)CC2)C1. The molecule has 0 spiro atoms. The Hall–Kier alpha value is -1.35. The van der Waals surface area contributed by atoms with E-state index in [1.54, 1.807) is 24.3 Å². The molecule has 2 atom stereocenters. The lowest BCUT2D eigenvalue weighted by Gasteiger charge is -2.39. The van der Waals surface area contributed by atoms with Crippen molar-refractivity contribution < 1.29 is 18.7 Å². The van der Waals surface area contributed by atoms with E-state index >= 15 is 0 Å². The number of likely N-dealkylation sites (tertiary alicyclic amines) is 1. The van der Waals surface area contributed by atoms with E-state index in [0.717, 1.165) is 37.7 Å². The summed E-state index contributed by atoms with van der Waals surface area (Å²) in [6, 6.07) is 7.26. The number of hydrogen-bond donors (Lipinski definition) is 1. The maximum atomic E-state index is 13.6. The van der Waals surface area contributed by atoms with Crippen LogP contribution in [-0.2, 0) is 9.47 Å². The van der Waals surface area contributed by atoms with Crippen LogP contribution in [0.25, 0.3) is 0 Å². The Morgan fingerprint density at radius 3 is 2.66 bits per heavy atom. The van der Waals surface area contributed by atoms with Crippen LogP contribution in [0.1, 0.15) is 57.4 Å². The number of halogens is 1. The summed E-state index contributed by atoms with van der Waals surface area (Å²) in [5.41, 5.74) is 1.10. The highest BCUT2D eigenvalue weighted by Crippen LogP contribution is 2.34. The number of rotatable bonds is 8. The number of carbonyl (C=O) groups is 1. The number of hydrogen-bond acceptors (Lipinski definition) is 6. The van der Waals surface area contributed by atoms with Gasteiger partial charge in [0.05, 0.1) is 18.8 Å². The minimum absolute atomic E-state index is 0.120. The minimum atomic E-state index is -0.237. The largest absolute Gasteiger partial charge is 0.447 e. The quantitative estimate of drug-likeness (QED) is 0.554. The van der Waals surface area contributed by atoms with Gasteiger partial charge in [0.2, 0.25) is 0 Å². The zero-order chi connectivity index (χ0) is 23.1. The molecule has 1 saturated carbocycles. The van der Waals surface area contributed by atoms with Crippen molar-refractivity contribution in [3.63, 3.8) is 0 Å². The first kappa shape index (κ1) is 25.3. The lowest BCUT2D eigenvalue weighted by Crippen LogP contribution is -2.52. The van der Waals surface area contributed by atoms with Crippen molar-refractivity contribution in [2.45, 2.75) is 70.1 Å². The van der Waals surface area contributed by atoms with E-state index in [9.17, 15) is 9.18 Å². The van der Waals surface area contributed by atoms with Gasteiger partial charge >= 0.3 is 6.09 Å². The molecule has 1 aromatic rings. The number of ether oxygens (including phenoxy) is 2. The molecule has 1 heterocycles. The molecule has 180 valence electrons. The Kier molecular flexibility index (Phi) is 9.64. The molecule has 2 aliphatic rings. The zero-order valence-corrected chi connectivity index (χ0v) is 20.6. The van der Waals surface area contributed by atoms with Crippen LogP contribution in [0.3, 0.4) is 0 Å². The predicted molar refractivity (Wildman–Crippen MR) is 127 cm³/mol. The van der Waals surface area contributed by atoms with E-state index < -0.39 is 0 Å². The molecule has 0 radical (unpaired) electrons. The van der Waals surface area contributed by atoms with Gasteiger partial charge in [-0.3, -0.25) is 0 Å². The molecule has 1 aliphatic carbocycles. The van der Waals surface area contributed by atoms with Crippen LogP contribution >= 0.6 is 12.1 Å². The van der Waals surface area contributed by atoms with Gasteiger partial charge < -0.3 is 14.4 Å². The predicted octanol–water partition coefficient (Wildman–Crippen LogP) is 4.82. The minimum Gasteiger partial charge on any atom is -0.447 e. The average molecular weight is 468 g/mol. The van der Waals surface area contributed by atoms with E-state index in [2.05, 4.69) is 4.72 Å². The first-order valence-corrected chi connectivity index (χ1v) is 12.5. The third kappa shape index (κ3) is 7.61. The number of nitrogens with zero attached hydrogens (tertiary/aromatic N) is 2. The number of benzene rings is 1. The van der Waals surface area contributed by atoms with Crippen molar-refractivity contribution >= 4 is 18.2 Å². The molecule has 1 saturated heterocycles. The topological polar surface area (TPSA) is 54.0 Å². The highest BCUT2D eigenvalue weighted by molar-refractivity contribution is 7.95. The standard InChI is InChI=1S/C24H38FN3O3S/c1-17(2)31-24(29)28-13-12-23(26-32-27(3)4)20(15-28)16-30-22-10-8-18(9-11-22)19-6-5-7-21(25)14-19/h5-7,14,17-18,20,22-23,26H,8-13,15-16H2,1-4H3. The van der Waals surface area contributed by atoms with Crippen LogP contribution in [0.5, 0.6) is 0 Å². The Balaban J connectivity index is 1.51. The monoisotopic (exact) mass is 467 g/mol. The smallest absolute Gasteiger partial charge is 0.410 e. The van der Waals surface area contributed by atoms with Crippen molar-refractivity contribution in [2.24, 2.45) is 5.92 Å². The third-order valence-electron chi connectivity index (χ3n) is 6.26. The van der Waals surface area contributed by atoms with E-state index in [0.29, 0.717) is 25.6 Å². The molecular formula is C24H38FN3O3S. The lowest BCUT2D eigenvalue weighted by atomic mass is 9.82. The lowest BCUT2D eigenvalue weighted by molar-refractivity contribution is -0.0181. The summed E-state index contributed by atoms with van der Waals surface area (Å²) in [5, 5.41) is 0. The third-order valence-corrected chi connectivity index (χ3v) is 7.03. The van der Waals surface area contributed by atoms with Crippen molar-refractivity contribution in [2.75, 3.05) is 33.8 Å². The Morgan fingerprint density at radius 2 is 2.00 bits per heavy atom. The van der Waals surface area contributed by atoms with Crippen molar-refractivity contribution in [3.8, 4) is 0 Å². The van der Waals surface area contributed by atoms with Crippen LogP contribution < -0.4 is 4.72 Å². The number of carbonyl (C=O) groups excluding carboxylic acids is 1. The molecule has 1 N–H and O–H groups in total. The fraction of sp³-hybridized carbons (Fsp3) is 0.708. The first-order chi connectivity index (χ1) is 15.3. The summed E-state index contributed by atoms with van der Waals surface area (Å²) in [5.74, 6) is 0.456. The fourth-order valence-corrected chi connectivity index (χ4v) is 5.21. The van der Waals surface area contributed by atoms with Gasteiger partial charge in [-0.2, -0.15) is 0 Å². The van der Waals surface area contributed by atoms with Crippen LogP contribution in [0.4, 0.5) is 9.18 Å². The number of amides is 1. The molecule has 0 aromatic heterocycles. The summed E-state index contributed by atoms with van der Waals surface area (Å²) in [4.78, 5) is 14.2. The number of piperidine rings is 1. The van der Waals surface area contributed by atoms with Crippen molar-refractivity contribution in [1.82, 2.24) is 13.9 Å². The highest BCUT2D eigenvalue weighted by Gasteiger charge is 2.34. The molecule has 6 nitrogen and oxygen atoms in total. The molecule has 1 aliphatic heterocycles. The molecule has 8 heteroatoms. The van der Waals surface area contributed by atoms with E-state index in [4.69, 9.17) is 9.47 Å². The normalized spacial score (nSPS) is 26.5. The molecular weight excluding hydrogens is 429 g/mol. The van der Waals surface area contributed by atoms with E-state index in [1.165, 1.54) is 6.07 Å². The summed E-state index contributed by atoms with van der Waals surface area (Å²) in [7, 11) is 4.02. The van der Waals surface area contributed by atoms with Gasteiger partial charge in [-0.25, -0.2) is 18.2 Å². The molecule has 3 rings (SSSR count). The fourth-order valence-electron chi connectivity index (χ4n) is 4.55. The first-order valence-electron chi connectivity index (χ1n) is 11.7. The Labute approximate surface area is 196 Å². The van der Waals surface area contributed by atoms with Crippen molar-refractivity contribution in [3.05, 3.63) is 35.6 Å². The number of nitrogens with one attached hydrogen (secondary N) is 1. The van der Waals surface area contributed by atoms with E-state index in [1.807, 2.05) is 43.2 Å². The second-order valence-electron chi connectivity index (χ2n) is 9.42. The van der Waals surface area contributed by atoms with Crippen LogP contribution in [0.15, 0.2) is 24.3 Å². The molecule has 1 amide bonds. The Bertz CT molecular complexity index is 728. The summed E-state index contributed by atoms with van der Waals surface area (Å²) < 4.78 is 30.9. The van der Waals surface area contributed by atoms with Crippen molar-refractivity contribution in [1.29, 1.82) is 0 Å².